The fraction of sp³-hybridized carbons (Fsp3) is 0.238. The van der Waals surface area contributed by atoms with Gasteiger partial charge in [-0.25, -0.2) is 17.8 Å². The van der Waals surface area contributed by atoms with Crippen molar-refractivity contribution in [3.63, 3.8) is 0 Å². The number of thioether (sulfide) groups is 1. The van der Waals surface area contributed by atoms with Crippen molar-refractivity contribution in [1.82, 2.24) is 24.5 Å². The molecule has 0 aliphatic carbocycles. The standard InChI is InChI=1S/C21H19FN6O3S2/c22-13-4-3-5-14(10-13)23-18(29)12-32-21-25-20-19(26-27-21)16-11-15(6-7-17(16)24-20)33(30,31)28-8-1-2-9-28/h3-7,10-11H,1-2,8-9,12H2,(H,23,29)(H,24,25,27). The predicted molar refractivity (Wildman–Crippen MR) is 123 cm³/mol. The molecular weight excluding hydrogens is 467 g/mol. The molecule has 1 fully saturated rings. The number of nitrogens with one attached hydrogen (secondary N) is 2. The highest BCUT2D eigenvalue weighted by Gasteiger charge is 2.27. The van der Waals surface area contributed by atoms with Crippen LogP contribution in [0.5, 0.6) is 0 Å². The lowest BCUT2D eigenvalue weighted by Gasteiger charge is -2.15. The fourth-order valence-electron chi connectivity index (χ4n) is 3.73. The lowest BCUT2D eigenvalue weighted by atomic mass is 10.2. The van der Waals surface area contributed by atoms with Crippen LogP contribution in [0.1, 0.15) is 12.8 Å². The third kappa shape index (κ3) is 4.41. The van der Waals surface area contributed by atoms with Crippen LogP contribution in [-0.2, 0) is 14.8 Å². The van der Waals surface area contributed by atoms with Crippen LogP contribution in [0.4, 0.5) is 10.1 Å². The highest BCUT2D eigenvalue weighted by Crippen LogP contribution is 2.28. The number of aromatic nitrogens is 4. The largest absolute Gasteiger partial charge is 0.338 e. The molecule has 1 aliphatic rings. The topological polar surface area (TPSA) is 121 Å². The van der Waals surface area contributed by atoms with Gasteiger partial charge in [0.25, 0.3) is 0 Å². The van der Waals surface area contributed by atoms with E-state index in [0.717, 1.165) is 24.6 Å². The number of halogens is 1. The van der Waals surface area contributed by atoms with Crippen LogP contribution in [0, 0.1) is 5.82 Å². The quantitative estimate of drug-likeness (QED) is 0.402. The number of carbonyl (C=O) groups is 1. The third-order valence-corrected chi connectivity index (χ3v) is 8.04. The van der Waals surface area contributed by atoms with Gasteiger partial charge in [0, 0.05) is 29.7 Å². The summed E-state index contributed by atoms with van der Waals surface area (Å²) in [5.41, 5.74) is 1.96. The maximum atomic E-state index is 13.2. The normalized spacial score (nSPS) is 14.8. The van der Waals surface area contributed by atoms with E-state index >= 15 is 0 Å². The number of hydrogen-bond donors (Lipinski definition) is 2. The molecule has 170 valence electrons. The number of sulfonamides is 1. The molecule has 4 aromatic rings. The average molecular weight is 487 g/mol. The summed E-state index contributed by atoms with van der Waals surface area (Å²) in [6.45, 7) is 1.06. The van der Waals surface area contributed by atoms with E-state index in [9.17, 15) is 17.6 Å². The summed E-state index contributed by atoms with van der Waals surface area (Å²) < 4.78 is 40.5. The number of rotatable bonds is 6. The van der Waals surface area contributed by atoms with Crippen molar-refractivity contribution >= 4 is 55.4 Å². The van der Waals surface area contributed by atoms with Gasteiger partial charge in [-0.15, -0.1) is 10.2 Å². The Morgan fingerprint density at radius 2 is 1.97 bits per heavy atom. The van der Waals surface area contributed by atoms with Gasteiger partial charge in [-0.1, -0.05) is 17.8 Å². The van der Waals surface area contributed by atoms with Crippen LogP contribution in [0.2, 0.25) is 0 Å². The first kappa shape index (κ1) is 21.7. The van der Waals surface area contributed by atoms with Gasteiger partial charge in [-0.05, 0) is 49.2 Å². The van der Waals surface area contributed by atoms with Gasteiger partial charge in [0.05, 0.1) is 10.6 Å². The monoisotopic (exact) mass is 486 g/mol. The summed E-state index contributed by atoms with van der Waals surface area (Å²) in [7, 11) is -3.55. The van der Waals surface area contributed by atoms with Crippen molar-refractivity contribution in [3.8, 4) is 0 Å². The molecule has 1 amide bonds. The molecule has 1 saturated heterocycles. The Balaban J connectivity index is 1.35. The number of fused-ring (bicyclic) bond motifs is 3. The van der Waals surface area contributed by atoms with Crippen molar-refractivity contribution in [2.24, 2.45) is 0 Å². The van der Waals surface area contributed by atoms with Gasteiger partial charge in [-0.2, -0.15) is 4.31 Å². The number of anilines is 1. The molecule has 2 aromatic heterocycles. The number of hydrogen-bond acceptors (Lipinski definition) is 7. The zero-order valence-electron chi connectivity index (χ0n) is 17.3. The number of benzene rings is 2. The number of amides is 1. The second-order valence-electron chi connectivity index (χ2n) is 7.58. The minimum Gasteiger partial charge on any atom is -0.338 e. The Morgan fingerprint density at radius 1 is 1.15 bits per heavy atom. The first-order chi connectivity index (χ1) is 15.9. The highest BCUT2D eigenvalue weighted by molar-refractivity contribution is 7.99. The summed E-state index contributed by atoms with van der Waals surface area (Å²) in [5.74, 6) is -0.751. The SMILES string of the molecule is O=C(CSc1nnc2c(n1)[nH]c1ccc(S(=O)(=O)N3CCCC3)cc12)Nc1cccc(F)c1. The molecule has 0 atom stereocenters. The molecule has 12 heteroatoms. The van der Waals surface area contributed by atoms with E-state index in [4.69, 9.17) is 0 Å². The van der Waals surface area contributed by atoms with Gasteiger partial charge in [0.1, 0.15) is 11.3 Å². The maximum Gasteiger partial charge on any atom is 0.243 e. The molecule has 0 radical (unpaired) electrons. The minimum atomic E-state index is -3.55. The lowest BCUT2D eigenvalue weighted by molar-refractivity contribution is -0.113. The van der Waals surface area contributed by atoms with Crippen LogP contribution in [-0.4, -0.2) is 57.6 Å². The van der Waals surface area contributed by atoms with Crippen molar-refractivity contribution in [2.75, 3.05) is 24.2 Å². The Bertz CT molecular complexity index is 1470. The van der Waals surface area contributed by atoms with Crippen LogP contribution in [0.25, 0.3) is 22.1 Å². The minimum absolute atomic E-state index is 0.0160. The molecule has 5 rings (SSSR count). The molecule has 0 bridgehead atoms. The summed E-state index contributed by atoms with van der Waals surface area (Å²) in [4.78, 5) is 19.9. The summed E-state index contributed by atoms with van der Waals surface area (Å²) in [5, 5.41) is 11.8. The second kappa shape index (κ2) is 8.69. The van der Waals surface area contributed by atoms with Crippen molar-refractivity contribution < 1.29 is 17.6 Å². The molecule has 3 heterocycles. The van der Waals surface area contributed by atoms with Gasteiger partial charge >= 0.3 is 0 Å². The van der Waals surface area contributed by atoms with Crippen molar-refractivity contribution in [1.29, 1.82) is 0 Å². The summed E-state index contributed by atoms with van der Waals surface area (Å²) in [6, 6.07) is 10.5. The van der Waals surface area contributed by atoms with E-state index in [1.807, 2.05) is 0 Å². The average Bonchev–Trinajstić information content (AvgIpc) is 3.45. The number of carbonyl (C=O) groups excluding carboxylic acids is 1. The van der Waals surface area contributed by atoms with E-state index in [1.54, 1.807) is 24.3 Å². The van der Waals surface area contributed by atoms with Crippen LogP contribution < -0.4 is 5.32 Å². The van der Waals surface area contributed by atoms with Gasteiger partial charge in [0.15, 0.2) is 5.65 Å². The van der Waals surface area contributed by atoms with Gasteiger partial charge < -0.3 is 10.3 Å². The number of nitrogens with zero attached hydrogens (tertiary/aromatic N) is 4. The zero-order valence-corrected chi connectivity index (χ0v) is 18.9. The van der Waals surface area contributed by atoms with Crippen LogP contribution in [0.15, 0.2) is 52.5 Å². The van der Waals surface area contributed by atoms with Crippen LogP contribution >= 0.6 is 11.8 Å². The molecule has 2 aromatic carbocycles. The molecular formula is C21H19FN6O3S2. The maximum absolute atomic E-state index is 13.2. The van der Waals surface area contributed by atoms with E-state index < -0.39 is 15.8 Å². The molecule has 0 spiro atoms. The summed E-state index contributed by atoms with van der Waals surface area (Å²) >= 11 is 1.09. The van der Waals surface area contributed by atoms with Crippen molar-refractivity contribution in [3.05, 3.63) is 48.3 Å². The summed E-state index contributed by atoms with van der Waals surface area (Å²) in [6.07, 6.45) is 1.73. The van der Waals surface area contributed by atoms with E-state index in [2.05, 4.69) is 25.5 Å². The molecule has 0 unspecified atom stereocenters. The molecule has 9 nitrogen and oxygen atoms in total. The van der Waals surface area contributed by atoms with E-state index in [-0.39, 0.29) is 21.7 Å². The second-order valence-corrected chi connectivity index (χ2v) is 10.5. The Hall–Kier alpha value is -3.09. The first-order valence-corrected chi connectivity index (χ1v) is 12.7. The fourth-order valence-corrected chi connectivity index (χ4v) is 5.86. The molecule has 1 aliphatic heterocycles. The number of H-pyrrole nitrogens is 1. The Kier molecular flexibility index (Phi) is 5.72. The smallest absolute Gasteiger partial charge is 0.243 e. The molecule has 33 heavy (non-hydrogen) atoms. The predicted octanol–water partition coefficient (Wildman–Crippen LogP) is 3.16. The third-order valence-electron chi connectivity index (χ3n) is 5.31. The van der Waals surface area contributed by atoms with E-state index in [1.165, 1.54) is 22.5 Å². The first-order valence-electron chi connectivity index (χ1n) is 10.2. The van der Waals surface area contributed by atoms with Crippen molar-refractivity contribution in [2.45, 2.75) is 22.9 Å². The van der Waals surface area contributed by atoms with Gasteiger partial charge in [-0.3, -0.25) is 4.79 Å². The van der Waals surface area contributed by atoms with Crippen LogP contribution in [0.3, 0.4) is 0 Å². The van der Waals surface area contributed by atoms with Gasteiger partial charge in [0.2, 0.25) is 21.1 Å². The number of aromatic amines is 1. The molecule has 2 N–H and O–H groups in total. The zero-order chi connectivity index (χ0) is 23.0. The Morgan fingerprint density at radius 3 is 2.76 bits per heavy atom. The lowest BCUT2D eigenvalue weighted by Crippen LogP contribution is -2.27. The highest BCUT2D eigenvalue weighted by atomic mass is 32.2. The van der Waals surface area contributed by atoms with E-state index in [0.29, 0.717) is 40.8 Å². The Labute approximate surface area is 192 Å². The molecule has 0 saturated carbocycles.